The number of nitrogens with one attached hydrogen (secondary N) is 1. The first kappa shape index (κ1) is 25.9. The van der Waals surface area contributed by atoms with Crippen LogP contribution in [0.5, 0.6) is 0 Å². The molecule has 1 atom stereocenters. The van der Waals surface area contributed by atoms with E-state index in [1.54, 1.807) is 18.2 Å². The Bertz CT molecular complexity index is 1480. The van der Waals surface area contributed by atoms with E-state index in [9.17, 15) is 22.8 Å². The fourth-order valence-corrected chi connectivity index (χ4v) is 7.06. The summed E-state index contributed by atoms with van der Waals surface area (Å²) in [6.07, 6.45) is 0.452. The van der Waals surface area contributed by atoms with E-state index in [1.807, 2.05) is 54.6 Å². The van der Waals surface area contributed by atoms with Crippen molar-refractivity contribution in [1.29, 1.82) is 0 Å². The monoisotopic (exact) mass is 534 g/mol. The molecule has 3 N–H and O–H groups in total. The van der Waals surface area contributed by atoms with Crippen LogP contribution in [0.15, 0.2) is 77.7 Å². The second-order valence-corrected chi connectivity index (χ2v) is 11.8. The molecule has 5 rings (SSSR count). The van der Waals surface area contributed by atoms with Gasteiger partial charge in [0.2, 0.25) is 27.7 Å². The van der Waals surface area contributed by atoms with Gasteiger partial charge in [0.05, 0.1) is 4.90 Å². The van der Waals surface area contributed by atoms with E-state index in [2.05, 4.69) is 5.32 Å². The number of nitrogens with two attached hydrogens (primary N) is 1. The molecular formula is C28H30N4O5S. The van der Waals surface area contributed by atoms with Gasteiger partial charge >= 0.3 is 0 Å². The van der Waals surface area contributed by atoms with E-state index in [1.165, 1.54) is 9.21 Å². The number of likely N-dealkylation sites (tertiary alicyclic amines) is 1. The predicted molar refractivity (Wildman–Crippen MR) is 142 cm³/mol. The van der Waals surface area contributed by atoms with Gasteiger partial charge in [0.1, 0.15) is 11.6 Å². The Balaban J connectivity index is 1.42. The molecule has 38 heavy (non-hydrogen) atoms. The Morgan fingerprint density at radius 1 is 0.947 bits per heavy atom. The third kappa shape index (κ3) is 4.65. The predicted octanol–water partition coefficient (Wildman–Crippen LogP) is 2.16. The normalized spacial score (nSPS) is 19.9. The minimum absolute atomic E-state index is 0.0170. The average Bonchev–Trinajstić information content (AvgIpc) is 3.34. The van der Waals surface area contributed by atoms with Gasteiger partial charge in [-0.1, -0.05) is 60.7 Å². The Morgan fingerprint density at radius 2 is 1.61 bits per heavy atom. The number of hydrogen-bond donors (Lipinski definition) is 2. The van der Waals surface area contributed by atoms with Gasteiger partial charge in [0, 0.05) is 26.1 Å². The summed E-state index contributed by atoms with van der Waals surface area (Å²) >= 11 is 0. The molecule has 3 aromatic carbocycles. The number of carbonyl (C=O) groups excluding carboxylic acids is 3. The highest BCUT2D eigenvalue weighted by Gasteiger charge is 2.54. The van der Waals surface area contributed by atoms with Gasteiger partial charge in [0.25, 0.3) is 0 Å². The molecule has 2 fully saturated rings. The molecule has 2 aliphatic rings. The minimum Gasteiger partial charge on any atom is -0.368 e. The van der Waals surface area contributed by atoms with Crippen LogP contribution in [0.3, 0.4) is 0 Å². The number of sulfonamides is 1. The van der Waals surface area contributed by atoms with Crippen LogP contribution in [-0.4, -0.2) is 60.0 Å². The van der Waals surface area contributed by atoms with Crippen LogP contribution in [0.25, 0.3) is 10.8 Å². The van der Waals surface area contributed by atoms with E-state index < -0.39 is 33.4 Å². The van der Waals surface area contributed by atoms with E-state index in [4.69, 9.17) is 5.73 Å². The number of nitrogens with zero attached hydrogens (tertiary/aromatic N) is 2. The number of hydrogen-bond acceptors (Lipinski definition) is 5. The number of amides is 3. The molecule has 2 heterocycles. The number of fused-ring (bicyclic) bond motifs is 1. The summed E-state index contributed by atoms with van der Waals surface area (Å²) in [5, 5.41) is 4.67. The lowest BCUT2D eigenvalue weighted by Gasteiger charge is -2.47. The van der Waals surface area contributed by atoms with Gasteiger partial charge in [-0.05, 0) is 47.7 Å². The van der Waals surface area contributed by atoms with Gasteiger partial charge in [-0.15, -0.1) is 0 Å². The first-order valence-corrected chi connectivity index (χ1v) is 14.1. The molecule has 9 nitrogen and oxygen atoms in total. The number of rotatable bonds is 7. The molecule has 2 aliphatic heterocycles. The van der Waals surface area contributed by atoms with Crippen molar-refractivity contribution < 1.29 is 22.8 Å². The number of piperidine rings is 1. The Morgan fingerprint density at radius 3 is 2.29 bits per heavy atom. The van der Waals surface area contributed by atoms with Crippen LogP contribution in [0.1, 0.15) is 31.2 Å². The van der Waals surface area contributed by atoms with Crippen LogP contribution < -0.4 is 11.1 Å². The van der Waals surface area contributed by atoms with Crippen molar-refractivity contribution in [3.8, 4) is 0 Å². The molecule has 3 aromatic rings. The van der Waals surface area contributed by atoms with E-state index in [0.29, 0.717) is 0 Å². The molecule has 10 heteroatoms. The molecule has 0 aliphatic carbocycles. The van der Waals surface area contributed by atoms with Crippen molar-refractivity contribution in [2.45, 2.75) is 48.7 Å². The van der Waals surface area contributed by atoms with Crippen LogP contribution >= 0.6 is 0 Å². The molecule has 2 saturated heterocycles. The van der Waals surface area contributed by atoms with Gasteiger partial charge in [-0.25, -0.2) is 8.42 Å². The molecule has 0 saturated carbocycles. The first-order valence-electron chi connectivity index (χ1n) is 12.6. The highest BCUT2D eigenvalue weighted by Crippen LogP contribution is 2.38. The molecule has 198 valence electrons. The molecule has 0 unspecified atom stereocenters. The Hall–Kier alpha value is -3.76. The second kappa shape index (κ2) is 10.2. The summed E-state index contributed by atoms with van der Waals surface area (Å²) < 4.78 is 28.4. The molecular weight excluding hydrogens is 504 g/mol. The van der Waals surface area contributed by atoms with Crippen molar-refractivity contribution in [1.82, 2.24) is 14.5 Å². The molecule has 0 spiro atoms. The quantitative estimate of drug-likeness (QED) is 0.480. The van der Waals surface area contributed by atoms with Gasteiger partial charge in [-0.3, -0.25) is 14.4 Å². The smallest absolute Gasteiger partial charge is 0.246 e. The highest BCUT2D eigenvalue weighted by molar-refractivity contribution is 7.89. The maximum Gasteiger partial charge on any atom is 0.246 e. The van der Waals surface area contributed by atoms with Crippen LogP contribution in [0, 0.1) is 0 Å². The third-order valence-electron chi connectivity index (χ3n) is 7.63. The fraction of sp³-hybridized carbons (Fsp3) is 0.321. The molecule has 3 amide bonds. The standard InChI is InChI=1S/C28H30N4O5S/c29-26(34)24-12-13-25(33)32(24)28(27(35)30-19-20-6-2-1-3-7-20)14-16-31(17-15-28)38(36,37)23-11-10-21-8-4-5-9-22(21)18-23/h1-11,18,24H,12-17,19H2,(H2,29,34)(H,30,35)/t24-/m0/s1. The van der Waals surface area contributed by atoms with Gasteiger partial charge < -0.3 is 16.0 Å². The topological polar surface area (TPSA) is 130 Å². The zero-order chi connectivity index (χ0) is 26.9. The van der Waals surface area contributed by atoms with Crippen molar-refractivity contribution in [3.05, 3.63) is 78.4 Å². The SMILES string of the molecule is NC(=O)[C@@H]1CCC(=O)N1C1(C(=O)NCc2ccccc2)CCN(S(=O)(=O)c2ccc3ccccc3c2)CC1. The van der Waals surface area contributed by atoms with Crippen LogP contribution in [0.4, 0.5) is 0 Å². The summed E-state index contributed by atoms with van der Waals surface area (Å²) in [7, 11) is -3.85. The summed E-state index contributed by atoms with van der Waals surface area (Å²) in [4.78, 5) is 40.5. The van der Waals surface area contributed by atoms with Crippen molar-refractivity contribution in [2.24, 2.45) is 5.73 Å². The first-order chi connectivity index (χ1) is 18.2. The second-order valence-electron chi connectivity index (χ2n) is 9.83. The number of carbonyl (C=O) groups is 3. The fourth-order valence-electron chi connectivity index (χ4n) is 5.58. The lowest BCUT2D eigenvalue weighted by molar-refractivity contribution is -0.152. The summed E-state index contributed by atoms with van der Waals surface area (Å²) in [5.41, 5.74) is 5.13. The zero-order valence-corrected chi connectivity index (χ0v) is 21.7. The van der Waals surface area contributed by atoms with E-state index in [-0.39, 0.29) is 56.1 Å². The Kier molecular flexibility index (Phi) is 6.93. The van der Waals surface area contributed by atoms with Crippen molar-refractivity contribution >= 4 is 38.5 Å². The van der Waals surface area contributed by atoms with Crippen LogP contribution in [-0.2, 0) is 31.0 Å². The largest absolute Gasteiger partial charge is 0.368 e. The zero-order valence-electron chi connectivity index (χ0n) is 20.9. The summed E-state index contributed by atoms with van der Waals surface area (Å²) in [6.45, 7) is 0.274. The van der Waals surface area contributed by atoms with Gasteiger partial charge in [0.15, 0.2) is 0 Å². The minimum atomic E-state index is -3.85. The maximum absolute atomic E-state index is 13.7. The molecule has 0 radical (unpaired) electrons. The summed E-state index contributed by atoms with van der Waals surface area (Å²) in [6, 6.07) is 20.9. The van der Waals surface area contributed by atoms with Crippen molar-refractivity contribution in [2.75, 3.05) is 13.1 Å². The Labute approximate surface area is 221 Å². The maximum atomic E-state index is 13.7. The van der Waals surface area contributed by atoms with Crippen molar-refractivity contribution in [3.63, 3.8) is 0 Å². The number of benzene rings is 3. The molecule has 0 bridgehead atoms. The molecule has 0 aromatic heterocycles. The lowest BCUT2D eigenvalue weighted by Crippen LogP contribution is -2.67. The lowest BCUT2D eigenvalue weighted by atomic mass is 9.84. The van der Waals surface area contributed by atoms with E-state index in [0.717, 1.165) is 16.3 Å². The van der Waals surface area contributed by atoms with Crippen LogP contribution in [0.2, 0.25) is 0 Å². The highest BCUT2D eigenvalue weighted by atomic mass is 32.2. The average molecular weight is 535 g/mol. The van der Waals surface area contributed by atoms with E-state index >= 15 is 0 Å². The van der Waals surface area contributed by atoms with Gasteiger partial charge in [-0.2, -0.15) is 4.31 Å². The number of primary amides is 1. The summed E-state index contributed by atoms with van der Waals surface area (Å²) in [5.74, 6) is -1.41. The third-order valence-corrected chi connectivity index (χ3v) is 9.52.